The van der Waals surface area contributed by atoms with Gasteiger partial charge in [0.25, 0.3) is 0 Å². The normalized spacial score (nSPS) is 15.8. The van der Waals surface area contributed by atoms with Crippen molar-refractivity contribution in [3.05, 3.63) is 226 Å². The Morgan fingerprint density at radius 2 is 0.804 bits per heavy atom. The van der Waals surface area contributed by atoms with Gasteiger partial charge in [-0.05, 0) is 119 Å². The number of hydrogen-bond acceptors (Lipinski definition) is 0. The Balaban J connectivity index is 0.999. The Bertz CT molecular complexity index is 2680. The van der Waals surface area contributed by atoms with E-state index >= 15 is 0 Å². The summed E-state index contributed by atoms with van der Waals surface area (Å²) in [5.74, 6) is 0.436. The van der Waals surface area contributed by atoms with Gasteiger partial charge in [0.05, 0.1) is 0 Å². The molecule has 11 rings (SSSR count). The van der Waals surface area contributed by atoms with Crippen LogP contribution in [0, 0.1) is 0 Å². The highest BCUT2D eigenvalue weighted by atomic mass is 14.4. The lowest BCUT2D eigenvalue weighted by Crippen LogP contribution is -2.00. The van der Waals surface area contributed by atoms with E-state index in [2.05, 4.69) is 182 Å². The first-order chi connectivity index (χ1) is 25.3. The lowest BCUT2D eigenvalue weighted by molar-refractivity contribution is 1.01. The molecular weight excluding hydrogens is 613 g/mol. The third-order valence-electron chi connectivity index (χ3n) is 11.7. The van der Waals surface area contributed by atoms with Crippen LogP contribution in [0.1, 0.15) is 56.3 Å². The van der Waals surface area contributed by atoms with E-state index in [-0.39, 0.29) is 11.8 Å². The fourth-order valence-corrected chi connectivity index (χ4v) is 9.36. The molecule has 0 fully saturated rings. The van der Waals surface area contributed by atoms with E-state index in [0.717, 1.165) is 6.42 Å². The summed E-state index contributed by atoms with van der Waals surface area (Å²) in [4.78, 5) is 0. The van der Waals surface area contributed by atoms with Gasteiger partial charge in [-0.15, -0.1) is 0 Å². The van der Waals surface area contributed by atoms with E-state index < -0.39 is 0 Å². The Labute approximate surface area is 299 Å². The number of rotatable bonds is 4. The van der Waals surface area contributed by atoms with Gasteiger partial charge in [0.1, 0.15) is 0 Å². The summed E-state index contributed by atoms with van der Waals surface area (Å²) < 4.78 is 0. The van der Waals surface area contributed by atoms with Gasteiger partial charge in [0, 0.05) is 11.8 Å². The smallest absolute Gasteiger partial charge is 0.0352 e. The predicted octanol–water partition coefficient (Wildman–Crippen LogP) is 12.9. The average Bonchev–Trinajstić information content (AvgIpc) is 3.85. The quantitative estimate of drug-likeness (QED) is 0.178. The zero-order chi connectivity index (χ0) is 33.5. The van der Waals surface area contributed by atoms with Crippen molar-refractivity contribution < 1.29 is 0 Å². The van der Waals surface area contributed by atoms with Crippen LogP contribution in [0.3, 0.4) is 0 Å². The van der Waals surface area contributed by atoms with Crippen LogP contribution in [0.2, 0.25) is 0 Å². The molecule has 0 aromatic heterocycles. The summed E-state index contributed by atoms with van der Waals surface area (Å²) in [7, 11) is 0. The van der Waals surface area contributed by atoms with Crippen molar-refractivity contribution >= 4 is 0 Å². The minimum atomic E-state index is 0.174. The lowest BCUT2D eigenvalue weighted by atomic mass is 9.86. The number of benzene rings is 8. The molecule has 0 heterocycles. The van der Waals surface area contributed by atoms with Crippen LogP contribution < -0.4 is 0 Å². The second-order valence-corrected chi connectivity index (χ2v) is 14.4. The lowest BCUT2D eigenvalue weighted by Gasteiger charge is -2.17. The van der Waals surface area contributed by atoms with E-state index in [1.807, 2.05) is 0 Å². The highest BCUT2D eigenvalue weighted by molar-refractivity contribution is 5.88. The van der Waals surface area contributed by atoms with Crippen LogP contribution >= 0.6 is 0 Å². The van der Waals surface area contributed by atoms with Gasteiger partial charge in [-0.2, -0.15) is 0 Å². The fourth-order valence-electron chi connectivity index (χ4n) is 9.36. The number of hydrogen-bond donors (Lipinski definition) is 0. The van der Waals surface area contributed by atoms with Crippen LogP contribution in [0.5, 0.6) is 0 Å². The molecule has 0 nitrogen and oxygen atoms in total. The molecule has 0 amide bonds. The minimum Gasteiger partial charge on any atom is -0.0622 e. The van der Waals surface area contributed by atoms with Crippen molar-refractivity contribution in [2.45, 2.75) is 18.3 Å². The molecule has 0 saturated heterocycles. The Kier molecular flexibility index (Phi) is 6.24. The monoisotopic (exact) mass is 646 g/mol. The first-order valence-corrected chi connectivity index (χ1v) is 18.1. The summed E-state index contributed by atoms with van der Waals surface area (Å²) in [5.41, 5.74) is 24.4. The molecule has 2 unspecified atom stereocenters. The van der Waals surface area contributed by atoms with Crippen LogP contribution in [-0.2, 0) is 6.42 Å². The largest absolute Gasteiger partial charge is 0.0622 e. The summed E-state index contributed by atoms with van der Waals surface area (Å²) in [5, 5.41) is 0. The molecule has 0 saturated carbocycles. The molecule has 8 aromatic carbocycles. The van der Waals surface area contributed by atoms with Gasteiger partial charge in [0.15, 0.2) is 0 Å². The molecule has 0 aliphatic heterocycles. The molecule has 0 spiro atoms. The Morgan fingerprint density at radius 3 is 1.63 bits per heavy atom. The van der Waals surface area contributed by atoms with Crippen molar-refractivity contribution in [3.63, 3.8) is 0 Å². The van der Waals surface area contributed by atoms with Crippen LogP contribution in [-0.4, -0.2) is 0 Å². The number of fused-ring (bicyclic) bond motifs is 9. The van der Waals surface area contributed by atoms with E-state index in [0.29, 0.717) is 0 Å². The molecule has 0 N–H and O–H groups in total. The van der Waals surface area contributed by atoms with Crippen molar-refractivity contribution in [3.8, 4) is 55.6 Å². The van der Waals surface area contributed by atoms with E-state index in [9.17, 15) is 0 Å². The summed E-state index contributed by atoms with van der Waals surface area (Å²) in [6, 6.07) is 68.4. The van der Waals surface area contributed by atoms with Gasteiger partial charge in [0.2, 0.25) is 0 Å². The molecular formula is C51H34. The van der Waals surface area contributed by atoms with Crippen molar-refractivity contribution in [2.75, 3.05) is 0 Å². The topological polar surface area (TPSA) is 0 Å². The average molecular weight is 647 g/mol. The first-order valence-electron chi connectivity index (χ1n) is 18.1. The van der Waals surface area contributed by atoms with Gasteiger partial charge in [-0.3, -0.25) is 0 Å². The third-order valence-corrected chi connectivity index (χ3v) is 11.7. The Hall–Kier alpha value is -6.24. The van der Waals surface area contributed by atoms with E-state index in [1.165, 1.54) is 100 Å². The van der Waals surface area contributed by atoms with E-state index in [4.69, 9.17) is 0 Å². The zero-order valence-corrected chi connectivity index (χ0v) is 28.2. The molecule has 238 valence electrons. The van der Waals surface area contributed by atoms with Gasteiger partial charge in [-0.1, -0.05) is 170 Å². The summed E-state index contributed by atoms with van der Waals surface area (Å²) in [6.45, 7) is 0. The zero-order valence-electron chi connectivity index (χ0n) is 28.2. The molecule has 8 aromatic rings. The molecule has 3 aliphatic rings. The van der Waals surface area contributed by atoms with E-state index in [1.54, 1.807) is 0 Å². The standard InChI is InChI=1S/C51H34/c1-2-11-32(12-3-1)50-46-20-9-7-18-43(46)48-30-35(23-26-47(48)50)36-22-25-44-42-17-6-8-19-45(42)51(49(44)31-36)38-15-10-14-33(27-38)34-21-24-41-39(28-34)29-37-13-4-5-16-40(37)41/h1-28,30-31,50-51H,29H2. The molecule has 0 bridgehead atoms. The van der Waals surface area contributed by atoms with Gasteiger partial charge in [-0.25, -0.2) is 0 Å². The molecule has 0 heteroatoms. The van der Waals surface area contributed by atoms with Crippen LogP contribution in [0.4, 0.5) is 0 Å². The molecule has 51 heavy (non-hydrogen) atoms. The van der Waals surface area contributed by atoms with Gasteiger partial charge >= 0.3 is 0 Å². The van der Waals surface area contributed by atoms with Crippen molar-refractivity contribution in [1.29, 1.82) is 0 Å². The maximum Gasteiger partial charge on any atom is 0.0352 e. The maximum absolute atomic E-state index is 2.47. The SMILES string of the molecule is c1ccc(C2c3ccccc3-c3cc(-c4ccc5c(c4)C(c4cccc(-c6ccc7c(c6)Cc6ccccc6-7)c4)c4ccccc4-5)ccc32)cc1. The highest BCUT2D eigenvalue weighted by Gasteiger charge is 2.32. The Morgan fingerprint density at radius 1 is 0.275 bits per heavy atom. The van der Waals surface area contributed by atoms with Crippen molar-refractivity contribution in [1.82, 2.24) is 0 Å². The maximum atomic E-state index is 2.47. The second-order valence-electron chi connectivity index (χ2n) is 14.4. The summed E-state index contributed by atoms with van der Waals surface area (Å²) in [6.07, 6.45) is 1.01. The van der Waals surface area contributed by atoms with Crippen molar-refractivity contribution in [2.24, 2.45) is 0 Å². The van der Waals surface area contributed by atoms with Crippen LogP contribution in [0.15, 0.2) is 182 Å². The minimum absolute atomic E-state index is 0.174. The third kappa shape index (κ3) is 4.40. The fraction of sp³-hybridized carbons (Fsp3) is 0.0588. The second kappa shape index (κ2) is 11.1. The van der Waals surface area contributed by atoms with Gasteiger partial charge < -0.3 is 0 Å². The summed E-state index contributed by atoms with van der Waals surface area (Å²) >= 11 is 0. The van der Waals surface area contributed by atoms with Crippen LogP contribution in [0.25, 0.3) is 55.6 Å². The predicted molar refractivity (Wildman–Crippen MR) is 211 cm³/mol. The highest BCUT2D eigenvalue weighted by Crippen LogP contribution is 2.52. The molecule has 3 aliphatic carbocycles. The molecule has 2 atom stereocenters. The first kappa shape index (κ1) is 28.6. The molecule has 0 radical (unpaired) electrons.